The zero-order valence-corrected chi connectivity index (χ0v) is 8.01. The van der Waals surface area contributed by atoms with Gasteiger partial charge in [-0.25, -0.2) is 9.37 Å². The molecule has 1 aromatic heterocycles. The van der Waals surface area contributed by atoms with Gasteiger partial charge in [-0.3, -0.25) is 0 Å². The first kappa shape index (κ1) is 12.3. The van der Waals surface area contributed by atoms with Gasteiger partial charge in [0.15, 0.2) is 5.75 Å². The number of aromatic hydroxyl groups is 1. The lowest BCUT2D eigenvalue weighted by Crippen LogP contribution is -2.18. The highest BCUT2D eigenvalue weighted by molar-refractivity contribution is 5.42. The van der Waals surface area contributed by atoms with Crippen LogP contribution in [0.25, 0.3) is 0 Å². The lowest BCUT2D eigenvalue weighted by atomic mass is 10.3. The van der Waals surface area contributed by atoms with E-state index < -0.39 is 24.7 Å². The summed E-state index contributed by atoms with van der Waals surface area (Å²) in [5.74, 6) is -2.15. The van der Waals surface area contributed by atoms with Crippen LogP contribution in [0.2, 0.25) is 0 Å². The van der Waals surface area contributed by atoms with Gasteiger partial charge >= 0.3 is 6.36 Å². The minimum atomic E-state index is -5.01. The third kappa shape index (κ3) is 2.88. The van der Waals surface area contributed by atoms with Gasteiger partial charge < -0.3 is 14.6 Å². The molecule has 0 fully saturated rings. The molecule has 1 heterocycles. The maximum Gasteiger partial charge on any atom is 0.574 e. The molecule has 0 unspecified atom stereocenters. The third-order valence-electron chi connectivity index (χ3n) is 1.57. The third-order valence-corrected chi connectivity index (χ3v) is 1.57. The maximum absolute atomic E-state index is 12.4. The van der Waals surface area contributed by atoms with E-state index in [4.69, 9.17) is 5.11 Å². The minimum Gasteiger partial charge on any atom is -0.503 e. The Morgan fingerprint density at radius 2 is 2.06 bits per heavy atom. The van der Waals surface area contributed by atoms with Crippen LogP contribution in [0.15, 0.2) is 6.07 Å². The molecule has 16 heavy (non-hydrogen) atoms. The summed E-state index contributed by atoms with van der Waals surface area (Å²) >= 11 is 0. The number of nitrogens with zero attached hydrogens (tertiary/aromatic N) is 1. The Morgan fingerprint density at radius 3 is 2.50 bits per heavy atom. The second-order valence-electron chi connectivity index (χ2n) is 2.64. The number of hydrogen-bond donors (Lipinski definition) is 1. The predicted octanol–water partition coefficient (Wildman–Crippen LogP) is 2.16. The predicted molar refractivity (Wildman–Crippen MR) is 43.9 cm³/mol. The van der Waals surface area contributed by atoms with Crippen molar-refractivity contribution in [3.63, 3.8) is 0 Å². The van der Waals surface area contributed by atoms with Crippen molar-refractivity contribution >= 4 is 0 Å². The Bertz CT molecular complexity index is 380. The van der Waals surface area contributed by atoms with Crippen LogP contribution in [-0.2, 0) is 6.67 Å². The quantitative estimate of drug-likeness (QED) is 0.824. The molecule has 0 aromatic carbocycles. The molecule has 0 atom stereocenters. The van der Waals surface area contributed by atoms with Gasteiger partial charge in [0.25, 0.3) is 5.88 Å². The highest BCUT2D eigenvalue weighted by atomic mass is 19.4. The van der Waals surface area contributed by atoms with Gasteiger partial charge in [0, 0.05) is 6.07 Å². The molecule has 0 aliphatic rings. The van der Waals surface area contributed by atoms with E-state index in [-0.39, 0.29) is 11.4 Å². The lowest BCUT2D eigenvalue weighted by Gasteiger charge is -2.12. The average molecular weight is 241 g/mol. The van der Waals surface area contributed by atoms with Gasteiger partial charge in [-0.15, -0.1) is 13.2 Å². The molecule has 0 saturated heterocycles. The van der Waals surface area contributed by atoms with Crippen LogP contribution < -0.4 is 9.47 Å². The number of rotatable bonds is 3. The number of methoxy groups -OCH3 is 1. The summed E-state index contributed by atoms with van der Waals surface area (Å²) in [6.45, 7) is -1.14. The summed E-state index contributed by atoms with van der Waals surface area (Å²) in [5.41, 5.74) is -0.389. The Morgan fingerprint density at radius 1 is 1.44 bits per heavy atom. The van der Waals surface area contributed by atoms with E-state index in [0.29, 0.717) is 0 Å². The normalized spacial score (nSPS) is 11.3. The summed E-state index contributed by atoms with van der Waals surface area (Å²) in [6, 6.07) is 0.795. The van der Waals surface area contributed by atoms with E-state index in [2.05, 4.69) is 14.5 Å². The van der Waals surface area contributed by atoms with Crippen molar-refractivity contribution in [3.8, 4) is 17.4 Å². The molecular formula is C8H7F4NO3. The van der Waals surface area contributed by atoms with E-state index in [1.165, 1.54) is 7.11 Å². The fraction of sp³-hybridized carbons (Fsp3) is 0.375. The molecule has 8 heteroatoms. The Balaban J connectivity index is 3.11. The maximum atomic E-state index is 12.4. The van der Waals surface area contributed by atoms with Gasteiger partial charge in [0.1, 0.15) is 18.1 Å². The van der Waals surface area contributed by atoms with Crippen LogP contribution in [0.4, 0.5) is 17.6 Å². The van der Waals surface area contributed by atoms with E-state index in [9.17, 15) is 17.6 Å². The average Bonchev–Trinajstić information content (AvgIpc) is 2.18. The van der Waals surface area contributed by atoms with E-state index in [1.54, 1.807) is 0 Å². The molecule has 90 valence electrons. The largest absolute Gasteiger partial charge is 0.574 e. The van der Waals surface area contributed by atoms with Crippen molar-refractivity contribution in [2.45, 2.75) is 13.0 Å². The first-order valence-electron chi connectivity index (χ1n) is 3.96. The summed E-state index contributed by atoms with van der Waals surface area (Å²) in [4.78, 5) is 3.15. The van der Waals surface area contributed by atoms with E-state index >= 15 is 0 Å². The van der Waals surface area contributed by atoms with Gasteiger partial charge in [-0.2, -0.15) is 0 Å². The van der Waals surface area contributed by atoms with Gasteiger partial charge in [0.05, 0.1) is 7.11 Å². The highest BCUT2D eigenvalue weighted by Crippen LogP contribution is 2.34. The van der Waals surface area contributed by atoms with E-state index in [0.717, 1.165) is 6.07 Å². The molecule has 1 rings (SSSR count). The van der Waals surface area contributed by atoms with Crippen molar-refractivity contribution < 1.29 is 32.1 Å². The molecule has 0 saturated carbocycles. The van der Waals surface area contributed by atoms with Gasteiger partial charge in [-0.05, 0) is 0 Å². The van der Waals surface area contributed by atoms with Gasteiger partial charge in [0.2, 0.25) is 0 Å². The van der Waals surface area contributed by atoms with Crippen LogP contribution in [-0.4, -0.2) is 23.6 Å². The molecule has 0 bridgehead atoms. The van der Waals surface area contributed by atoms with Crippen molar-refractivity contribution in [1.29, 1.82) is 0 Å². The number of halogens is 4. The standard InChI is InChI=1S/C8H7F4NO3/c1-15-6-2-5(14)7(13-4(6)3-9)16-8(10,11)12/h2,14H,3H2,1H3. The van der Waals surface area contributed by atoms with Crippen LogP contribution in [0.3, 0.4) is 0 Å². The zero-order valence-electron chi connectivity index (χ0n) is 8.01. The summed E-state index contributed by atoms with van der Waals surface area (Å²) in [5, 5.41) is 9.12. The number of ether oxygens (including phenoxy) is 2. The summed E-state index contributed by atoms with van der Waals surface area (Å²) < 4.78 is 55.9. The number of aromatic nitrogens is 1. The SMILES string of the molecule is COc1cc(O)c(OC(F)(F)F)nc1CF. The summed E-state index contributed by atoms with van der Waals surface area (Å²) in [7, 11) is 1.17. The number of alkyl halides is 4. The molecule has 0 radical (unpaired) electrons. The molecule has 0 spiro atoms. The Kier molecular flexibility index (Phi) is 3.41. The lowest BCUT2D eigenvalue weighted by molar-refractivity contribution is -0.276. The van der Waals surface area contributed by atoms with E-state index in [1.807, 2.05) is 0 Å². The second-order valence-corrected chi connectivity index (χ2v) is 2.64. The second kappa shape index (κ2) is 4.42. The highest BCUT2D eigenvalue weighted by Gasteiger charge is 2.33. The first-order valence-corrected chi connectivity index (χ1v) is 3.96. The molecule has 0 amide bonds. The van der Waals surface area contributed by atoms with Crippen LogP contribution in [0.1, 0.15) is 5.69 Å². The molecule has 0 aliphatic heterocycles. The molecular weight excluding hydrogens is 234 g/mol. The van der Waals surface area contributed by atoms with Crippen LogP contribution in [0, 0.1) is 0 Å². The zero-order chi connectivity index (χ0) is 12.3. The number of pyridine rings is 1. The van der Waals surface area contributed by atoms with Gasteiger partial charge in [-0.1, -0.05) is 0 Å². The Hall–Kier alpha value is -1.73. The molecule has 1 aromatic rings. The minimum absolute atomic E-state index is 0.158. The van der Waals surface area contributed by atoms with Crippen molar-refractivity contribution in [2.75, 3.05) is 7.11 Å². The van der Waals surface area contributed by atoms with Crippen LogP contribution >= 0.6 is 0 Å². The molecule has 0 aliphatic carbocycles. The number of hydrogen-bond acceptors (Lipinski definition) is 4. The first-order chi connectivity index (χ1) is 7.37. The van der Waals surface area contributed by atoms with Crippen LogP contribution in [0.5, 0.6) is 17.4 Å². The van der Waals surface area contributed by atoms with Crippen molar-refractivity contribution in [2.24, 2.45) is 0 Å². The molecule has 1 N–H and O–H groups in total. The topological polar surface area (TPSA) is 51.6 Å². The fourth-order valence-electron chi connectivity index (χ4n) is 0.961. The summed E-state index contributed by atoms with van der Waals surface area (Å²) in [6.07, 6.45) is -5.01. The van der Waals surface area contributed by atoms with Crippen molar-refractivity contribution in [1.82, 2.24) is 4.98 Å². The fourth-order valence-corrected chi connectivity index (χ4v) is 0.961. The van der Waals surface area contributed by atoms with Crippen molar-refractivity contribution in [3.05, 3.63) is 11.8 Å². The molecule has 4 nitrogen and oxygen atoms in total. The monoisotopic (exact) mass is 241 g/mol. The Labute approximate surface area is 87.4 Å². The smallest absolute Gasteiger partial charge is 0.503 e.